The third-order valence-electron chi connectivity index (χ3n) is 5.25. The van der Waals surface area contributed by atoms with E-state index in [1.165, 1.54) is 11.3 Å². The maximum Gasteiger partial charge on any atom is 0.273 e. The molecule has 2 aromatic rings. The molecular formula is C17H22N4O3S. The summed E-state index contributed by atoms with van der Waals surface area (Å²) in [6, 6.07) is 0. The van der Waals surface area contributed by atoms with Gasteiger partial charge in [0, 0.05) is 38.4 Å². The Labute approximate surface area is 150 Å². The predicted octanol–water partition coefficient (Wildman–Crippen LogP) is 2.48. The van der Waals surface area contributed by atoms with Crippen molar-refractivity contribution >= 4 is 17.2 Å². The van der Waals surface area contributed by atoms with Gasteiger partial charge in [-0.2, -0.15) is 4.98 Å². The van der Waals surface area contributed by atoms with Crippen molar-refractivity contribution in [2.24, 2.45) is 5.92 Å². The SMILES string of the molecule is Cc1nc(CC2CCOC3(CCN(C(=O)c4cscn4)CC3)C2)no1. The monoisotopic (exact) mass is 362 g/mol. The summed E-state index contributed by atoms with van der Waals surface area (Å²) in [4.78, 5) is 22.8. The molecule has 0 saturated carbocycles. The number of nitrogens with zero attached hydrogens (tertiary/aromatic N) is 4. The normalized spacial score (nSPS) is 23.1. The number of carbonyl (C=O) groups is 1. The molecule has 8 heteroatoms. The Kier molecular flexibility index (Phi) is 4.56. The minimum absolute atomic E-state index is 0.0331. The molecule has 0 bridgehead atoms. The van der Waals surface area contributed by atoms with Crippen molar-refractivity contribution in [1.82, 2.24) is 20.0 Å². The third kappa shape index (κ3) is 3.59. The third-order valence-corrected chi connectivity index (χ3v) is 5.84. The lowest BCUT2D eigenvalue weighted by molar-refractivity contribution is -0.123. The minimum atomic E-state index is -0.111. The van der Waals surface area contributed by atoms with Gasteiger partial charge in [0.2, 0.25) is 5.89 Å². The number of thiazole rings is 1. The Balaban J connectivity index is 1.36. The molecule has 2 aromatic heterocycles. The summed E-state index contributed by atoms with van der Waals surface area (Å²) in [5.41, 5.74) is 2.14. The van der Waals surface area contributed by atoms with Crippen LogP contribution in [0.3, 0.4) is 0 Å². The first-order valence-corrected chi connectivity index (χ1v) is 9.68. The molecule has 1 unspecified atom stereocenters. The molecule has 0 aliphatic carbocycles. The highest BCUT2D eigenvalue weighted by Gasteiger charge is 2.41. The fraction of sp³-hybridized carbons (Fsp3) is 0.647. The van der Waals surface area contributed by atoms with Crippen molar-refractivity contribution in [3.8, 4) is 0 Å². The maximum absolute atomic E-state index is 12.4. The van der Waals surface area contributed by atoms with Gasteiger partial charge < -0.3 is 14.2 Å². The molecule has 0 N–H and O–H groups in total. The van der Waals surface area contributed by atoms with E-state index in [4.69, 9.17) is 9.26 Å². The van der Waals surface area contributed by atoms with E-state index in [-0.39, 0.29) is 11.5 Å². The first-order valence-electron chi connectivity index (χ1n) is 8.74. The van der Waals surface area contributed by atoms with Gasteiger partial charge in [-0.3, -0.25) is 4.79 Å². The van der Waals surface area contributed by atoms with Gasteiger partial charge in [-0.1, -0.05) is 5.16 Å². The van der Waals surface area contributed by atoms with Gasteiger partial charge in [0.1, 0.15) is 5.69 Å². The summed E-state index contributed by atoms with van der Waals surface area (Å²) in [5.74, 6) is 1.94. The number of likely N-dealkylation sites (tertiary alicyclic amines) is 1. The predicted molar refractivity (Wildman–Crippen MR) is 91.4 cm³/mol. The molecule has 1 atom stereocenters. The van der Waals surface area contributed by atoms with Crippen LogP contribution in [-0.4, -0.2) is 51.2 Å². The average molecular weight is 362 g/mol. The minimum Gasteiger partial charge on any atom is -0.375 e. The van der Waals surface area contributed by atoms with Crippen LogP contribution in [0.2, 0.25) is 0 Å². The summed E-state index contributed by atoms with van der Waals surface area (Å²) < 4.78 is 11.3. The quantitative estimate of drug-likeness (QED) is 0.834. The second-order valence-electron chi connectivity index (χ2n) is 6.99. The van der Waals surface area contributed by atoms with Crippen molar-refractivity contribution in [1.29, 1.82) is 0 Å². The molecule has 2 saturated heterocycles. The van der Waals surface area contributed by atoms with E-state index in [0.717, 1.165) is 57.6 Å². The van der Waals surface area contributed by atoms with Gasteiger partial charge in [0.25, 0.3) is 5.91 Å². The fourth-order valence-corrected chi connectivity index (χ4v) is 4.46. The lowest BCUT2D eigenvalue weighted by atomic mass is 9.78. The number of rotatable bonds is 3. The van der Waals surface area contributed by atoms with E-state index >= 15 is 0 Å². The zero-order valence-electron chi connectivity index (χ0n) is 14.3. The molecular weight excluding hydrogens is 340 g/mol. The van der Waals surface area contributed by atoms with Crippen molar-refractivity contribution in [3.05, 3.63) is 28.3 Å². The molecule has 1 spiro atoms. The number of amides is 1. The van der Waals surface area contributed by atoms with E-state index in [0.29, 0.717) is 17.5 Å². The summed E-state index contributed by atoms with van der Waals surface area (Å²) in [5, 5.41) is 5.83. The maximum atomic E-state index is 12.4. The smallest absolute Gasteiger partial charge is 0.273 e. The summed E-state index contributed by atoms with van der Waals surface area (Å²) >= 11 is 1.45. The number of aromatic nitrogens is 3. The van der Waals surface area contributed by atoms with Crippen molar-refractivity contribution in [2.75, 3.05) is 19.7 Å². The molecule has 4 rings (SSSR count). The largest absolute Gasteiger partial charge is 0.375 e. The van der Waals surface area contributed by atoms with Crippen molar-refractivity contribution < 1.29 is 14.1 Å². The zero-order valence-corrected chi connectivity index (χ0v) is 15.1. The first kappa shape index (κ1) is 16.7. The Morgan fingerprint density at radius 1 is 1.44 bits per heavy atom. The molecule has 2 fully saturated rings. The Morgan fingerprint density at radius 2 is 2.28 bits per heavy atom. The Morgan fingerprint density at radius 3 is 2.96 bits per heavy atom. The summed E-state index contributed by atoms with van der Waals surface area (Å²) in [7, 11) is 0. The van der Waals surface area contributed by atoms with Gasteiger partial charge in [-0.05, 0) is 31.6 Å². The molecule has 0 aromatic carbocycles. The first-order chi connectivity index (χ1) is 12.1. The van der Waals surface area contributed by atoms with Crippen LogP contribution in [-0.2, 0) is 11.2 Å². The van der Waals surface area contributed by atoms with Gasteiger partial charge in [-0.25, -0.2) is 4.98 Å². The highest BCUT2D eigenvalue weighted by molar-refractivity contribution is 7.07. The van der Waals surface area contributed by atoms with E-state index in [2.05, 4.69) is 15.1 Å². The second kappa shape index (κ2) is 6.84. The Hall–Kier alpha value is -1.80. The summed E-state index contributed by atoms with van der Waals surface area (Å²) in [6.07, 6.45) is 4.62. The van der Waals surface area contributed by atoms with E-state index in [1.54, 1.807) is 5.51 Å². The van der Waals surface area contributed by atoms with Crippen LogP contribution >= 0.6 is 11.3 Å². The van der Waals surface area contributed by atoms with Crippen LogP contribution in [0.5, 0.6) is 0 Å². The van der Waals surface area contributed by atoms with Crippen LogP contribution in [0.15, 0.2) is 15.4 Å². The number of hydrogen-bond acceptors (Lipinski definition) is 7. The number of hydrogen-bond donors (Lipinski definition) is 0. The van der Waals surface area contributed by atoms with Crippen LogP contribution in [0, 0.1) is 12.8 Å². The van der Waals surface area contributed by atoms with Gasteiger partial charge in [0.15, 0.2) is 5.82 Å². The molecule has 7 nitrogen and oxygen atoms in total. The molecule has 2 aliphatic rings. The number of carbonyl (C=O) groups excluding carboxylic acids is 1. The standard InChI is InChI=1S/C17H22N4O3S/c1-12-19-15(20-24-12)8-13-2-7-23-17(9-13)3-5-21(6-4-17)16(22)14-10-25-11-18-14/h10-11,13H,2-9H2,1H3. The average Bonchev–Trinajstić information content (AvgIpc) is 3.27. The topological polar surface area (TPSA) is 81.4 Å². The summed E-state index contributed by atoms with van der Waals surface area (Å²) in [6.45, 7) is 4.04. The van der Waals surface area contributed by atoms with E-state index in [1.807, 2.05) is 17.2 Å². The molecule has 2 aliphatic heterocycles. The van der Waals surface area contributed by atoms with E-state index in [9.17, 15) is 4.79 Å². The van der Waals surface area contributed by atoms with Crippen LogP contribution in [0.1, 0.15) is 47.9 Å². The van der Waals surface area contributed by atoms with Crippen LogP contribution in [0.4, 0.5) is 0 Å². The zero-order chi connectivity index (χ0) is 17.3. The van der Waals surface area contributed by atoms with Crippen molar-refractivity contribution in [3.63, 3.8) is 0 Å². The molecule has 1 amide bonds. The number of piperidine rings is 1. The highest BCUT2D eigenvalue weighted by atomic mass is 32.1. The van der Waals surface area contributed by atoms with Gasteiger partial charge in [0.05, 0.1) is 11.1 Å². The van der Waals surface area contributed by atoms with Gasteiger partial charge >= 0.3 is 0 Å². The molecule has 4 heterocycles. The van der Waals surface area contributed by atoms with Crippen LogP contribution < -0.4 is 0 Å². The Bertz CT molecular complexity index is 722. The van der Waals surface area contributed by atoms with E-state index < -0.39 is 0 Å². The molecule has 25 heavy (non-hydrogen) atoms. The van der Waals surface area contributed by atoms with Crippen molar-refractivity contribution in [2.45, 2.75) is 44.6 Å². The highest BCUT2D eigenvalue weighted by Crippen LogP contribution is 2.38. The molecule has 134 valence electrons. The number of ether oxygens (including phenoxy) is 1. The number of aryl methyl sites for hydroxylation is 1. The van der Waals surface area contributed by atoms with Gasteiger partial charge in [-0.15, -0.1) is 11.3 Å². The second-order valence-corrected chi connectivity index (χ2v) is 7.71. The molecule has 0 radical (unpaired) electrons. The van der Waals surface area contributed by atoms with Crippen LogP contribution in [0.25, 0.3) is 0 Å². The lowest BCUT2D eigenvalue weighted by Gasteiger charge is -2.46. The lowest BCUT2D eigenvalue weighted by Crippen LogP contribution is -2.51. The fourth-order valence-electron chi connectivity index (χ4n) is 3.93.